The lowest BCUT2D eigenvalue weighted by molar-refractivity contribution is -0.134. The molecule has 2 aliphatic carbocycles. The molecule has 2 bridgehead atoms. The van der Waals surface area contributed by atoms with E-state index in [0.717, 1.165) is 30.6 Å². The van der Waals surface area contributed by atoms with Crippen molar-refractivity contribution in [3.63, 3.8) is 0 Å². The van der Waals surface area contributed by atoms with Crippen molar-refractivity contribution in [3.05, 3.63) is 0 Å². The van der Waals surface area contributed by atoms with E-state index in [9.17, 15) is 4.79 Å². The maximum Gasteiger partial charge on any atom is 0.241 e. The first-order valence-corrected chi connectivity index (χ1v) is 9.11. The van der Waals surface area contributed by atoms with Gasteiger partial charge in [0.25, 0.3) is 0 Å². The van der Waals surface area contributed by atoms with Crippen molar-refractivity contribution in [1.29, 1.82) is 0 Å². The Morgan fingerprint density at radius 1 is 1.24 bits per heavy atom. The fraction of sp³-hybridized carbons (Fsp3) is 0.944. The molecular formula is C18H32N2O. The van der Waals surface area contributed by atoms with Crippen LogP contribution in [0.5, 0.6) is 0 Å². The predicted molar refractivity (Wildman–Crippen MR) is 85.7 cm³/mol. The molecule has 21 heavy (non-hydrogen) atoms. The van der Waals surface area contributed by atoms with Gasteiger partial charge in [-0.3, -0.25) is 10.1 Å². The van der Waals surface area contributed by atoms with Gasteiger partial charge in [0, 0.05) is 6.04 Å². The highest BCUT2D eigenvalue weighted by Crippen LogP contribution is 2.50. The standard InChI is InChI=1S/C18H32N2O/c1-5-6-16-18(21)20(17(19-16)11(2)3)12(4)15-10-13-7-8-14(15)9-13/h11-17,19H,5-10H2,1-4H3. The van der Waals surface area contributed by atoms with Crippen LogP contribution in [0.2, 0.25) is 0 Å². The SMILES string of the molecule is CCCC1NC(C(C)C)N(C(C)C2CC3CCC2C3)C1=O. The zero-order valence-corrected chi connectivity index (χ0v) is 14.1. The van der Waals surface area contributed by atoms with E-state index in [2.05, 4.69) is 37.9 Å². The van der Waals surface area contributed by atoms with Crippen molar-refractivity contribution < 1.29 is 4.79 Å². The summed E-state index contributed by atoms with van der Waals surface area (Å²) in [7, 11) is 0. The molecule has 0 spiro atoms. The van der Waals surface area contributed by atoms with Gasteiger partial charge in [-0.15, -0.1) is 0 Å². The van der Waals surface area contributed by atoms with Crippen molar-refractivity contribution >= 4 is 5.91 Å². The normalized spacial score (nSPS) is 40.5. The minimum Gasteiger partial charge on any atom is -0.323 e. The molecule has 1 saturated heterocycles. The Labute approximate surface area is 129 Å². The number of hydrogen-bond acceptors (Lipinski definition) is 2. The van der Waals surface area contributed by atoms with Crippen LogP contribution in [-0.2, 0) is 4.79 Å². The summed E-state index contributed by atoms with van der Waals surface area (Å²) in [5.41, 5.74) is 0. The number of carbonyl (C=O) groups excluding carboxylic acids is 1. The average molecular weight is 292 g/mol. The molecule has 0 aromatic carbocycles. The van der Waals surface area contributed by atoms with Crippen LogP contribution < -0.4 is 5.32 Å². The molecule has 0 radical (unpaired) electrons. The van der Waals surface area contributed by atoms with Gasteiger partial charge in [0.2, 0.25) is 5.91 Å². The second-order valence-electron chi connectivity index (χ2n) is 8.02. The molecular weight excluding hydrogens is 260 g/mol. The van der Waals surface area contributed by atoms with Gasteiger partial charge >= 0.3 is 0 Å². The largest absolute Gasteiger partial charge is 0.323 e. The van der Waals surface area contributed by atoms with E-state index in [0.29, 0.717) is 17.9 Å². The maximum atomic E-state index is 12.9. The Balaban J connectivity index is 1.75. The molecule has 6 atom stereocenters. The Morgan fingerprint density at radius 3 is 2.52 bits per heavy atom. The lowest BCUT2D eigenvalue weighted by Gasteiger charge is -2.39. The lowest BCUT2D eigenvalue weighted by Crippen LogP contribution is -2.49. The van der Waals surface area contributed by atoms with Crippen molar-refractivity contribution in [2.24, 2.45) is 23.7 Å². The molecule has 0 aromatic rings. The number of nitrogens with zero attached hydrogens (tertiary/aromatic N) is 1. The van der Waals surface area contributed by atoms with Crippen LogP contribution in [-0.4, -0.2) is 29.1 Å². The average Bonchev–Trinajstić information content (AvgIpc) is 3.13. The van der Waals surface area contributed by atoms with Crippen molar-refractivity contribution in [1.82, 2.24) is 10.2 Å². The van der Waals surface area contributed by atoms with Crippen molar-refractivity contribution in [2.45, 2.75) is 84.5 Å². The number of nitrogens with one attached hydrogen (secondary N) is 1. The fourth-order valence-corrected chi connectivity index (χ4v) is 5.23. The van der Waals surface area contributed by atoms with Crippen LogP contribution in [0.1, 0.15) is 66.2 Å². The molecule has 2 saturated carbocycles. The Hall–Kier alpha value is -0.570. The summed E-state index contributed by atoms with van der Waals surface area (Å²) >= 11 is 0. The molecule has 1 heterocycles. The Kier molecular flexibility index (Phi) is 4.31. The van der Waals surface area contributed by atoms with E-state index in [1.165, 1.54) is 25.7 Å². The molecule has 1 aliphatic heterocycles. The first kappa shape index (κ1) is 15.3. The number of fused-ring (bicyclic) bond motifs is 2. The third kappa shape index (κ3) is 2.62. The third-order valence-corrected chi connectivity index (χ3v) is 6.28. The van der Waals surface area contributed by atoms with Crippen LogP contribution >= 0.6 is 0 Å². The van der Waals surface area contributed by atoms with Gasteiger partial charge in [0.05, 0.1) is 12.2 Å². The second-order valence-corrected chi connectivity index (χ2v) is 8.02. The summed E-state index contributed by atoms with van der Waals surface area (Å²) in [4.78, 5) is 15.1. The van der Waals surface area contributed by atoms with Gasteiger partial charge in [0.1, 0.15) is 0 Å². The number of hydrogen-bond donors (Lipinski definition) is 1. The highest BCUT2D eigenvalue weighted by Gasteiger charge is 2.48. The van der Waals surface area contributed by atoms with Gasteiger partial charge in [-0.05, 0) is 56.3 Å². The molecule has 3 heteroatoms. The predicted octanol–water partition coefficient (Wildman–Crippen LogP) is 3.39. The first-order chi connectivity index (χ1) is 10.0. The Bertz CT molecular complexity index is 395. The van der Waals surface area contributed by atoms with Crippen LogP contribution in [0.4, 0.5) is 0 Å². The smallest absolute Gasteiger partial charge is 0.241 e. The summed E-state index contributed by atoms with van der Waals surface area (Å²) in [6, 6.07) is 0.470. The van der Waals surface area contributed by atoms with E-state index >= 15 is 0 Å². The molecule has 3 aliphatic rings. The van der Waals surface area contributed by atoms with Crippen LogP contribution in [0.15, 0.2) is 0 Å². The van der Waals surface area contributed by atoms with Crippen LogP contribution in [0, 0.1) is 23.7 Å². The van der Waals surface area contributed by atoms with Gasteiger partial charge in [-0.1, -0.05) is 33.6 Å². The summed E-state index contributed by atoms with van der Waals surface area (Å²) in [5.74, 6) is 3.44. The fourth-order valence-electron chi connectivity index (χ4n) is 5.23. The van der Waals surface area contributed by atoms with E-state index in [-0.39, 0.29) is 12.2 Å². The highest BCUT2D eigenvalue weighted by molar-refractivity contribution is 5.84. The van der Waals surface area contributed by atoms with E-state index < -0.39 is 0 Å². The molecule has 3 rings (SSSR count). The Morgan fingerprint density at radius 2 is 2.00 bits per heavy atom. The van der Waals surface area contributed by atoms with Crippen LogP contribution in [0.3, 0.4) is 0 Å². The van der Waals surface area contributed by atoms with Gasteiger partial charge in [-0.25, -0.2) is 0 Å². The zero-order valence-electron chi connectivity index (χ0n) is 14.1. The third-order valence-electron chi connectivity index (χ3n) is 6.28. The quantitative estimate of drug-likeness (QED) is 0.842. The summed E-state index contributed by atoms with van der Waals surface area (Å²) in [6.45, 7) is 8.95. The number of rotatable bonds is 5. The second kappa shape index (κ2) is 5.91. The lowest BCUT2D eigenvalue weighted by atomic mass is 9.83. The molecule has 6 unspecified atom stereocenters. The van der Waals surface area contributed by atoms with Crippen molar-refractivity contribution in [3.8, 4) is 0 Å². The summed E-state index contributed by atoms with van der Waals surface area (Å²) in [6.07, 6.45) is 7.91. The first-order valence-electron chi connectivity index (χ1n) is 9.11. The minimum atomic E-state index is 0.0587. The van der Waals surface area contributed by atoms with Crippen LogP contribution in [0.25, 0.3) is 0 Å². The monoisotopic (exact) mass is 292 g/mol. The molecule has 1 N–H and O–H groups in total. The molecule has 3 nitrogen and oxygen atoms in total. The van der Waals surface area contributed by atoms with E-state index in [4.69, 9.17) is 0 Å². The van der Waals surface area contributed by atoms with E-state index in [1.54, 1.807) is 0 Å². The van der Waals surface area contributed by atoms with Gasteiger partial charge in [-0.2, -0.15) is 0 Å². The van der Waals surface area contributed by atoms with E-state index in [1.807, 2.05) is 0 Å². The molecule has 3 fully saturated rings. The van der Waals surface area contributed by atoms with Crippen molar-refractivity contribution in [2.75, 3.05) is 0 Å². The summed E-state index contributed by atoms with van der Waals surface area (Å²) < 4.78 is 0. The van der Waals surface area contributed by atoms with Gasteiger partial charge < -0.3 is 4.90 Å². The zero-order chi connectivity index (χ0) is 15.1. The molecule has 1 amide bonds. The minimum absolute atomic E-state index is 0.0587. The maximum absolute atomic E-state index is 12.9. The van der Waals surface area contributed by atoms with Gasteiger partial charge in [0.15, 0.2) is 0 Å². The topological polar surface area (TPSA) is 32.3 Å². The summed E-state index contributed by atoms with van der Waals surface area (Å²) in [5, 5.41) is 3.62. The number of carbonyl (C=O) groups is 1. The highest BCUT2D eigenvalue weighted by atomic mass is 16.2. The molecule has 120 valence electrons. The molecule has 0 aromatic heterocycles. The number of amides is 1.